The average molecular weight is 1300 g/mol. The number of amides is 2. The van der Waals surface area contributed by atoms with Gasteiger partial charge in [0.25, 0.3) is 0 Å². The lowest BCUT2D eigenvalue weighted by Gasteiger charge is -2.54. The summed E-state index contributed by atoms with van der Waals surface area (Å²) in [5, 5.41) is 193. The van der Waals surface area contributed by atoms with Crippen molar-refractivity contribution in [2.75, 3.05) is 39.6 Å². The number of unbranched alkanes of at least 4 members (excludes halogenated alkanes) is 11. The molecule has 2 amide bonds. The molecule has 0 spiro atoms. The van der Waals surface area contributed by atoms with E-state index >= 15 is 0 Å². The molecule has 520 valence electrons. The van der Waals surface area contributed by atoms with Crippen LogP contribution >= 0.6 is 0 Å². The zero-order chi connectivity index (χ0) is 65.2. The summed E-state index contributed by atoms with van der Waals surface area (Å²) in [7, 11) is 0. The summed E-state index contributed by atoms with van der Waals surface area (Å²) in [5.74, 6) is -7.67. The highest BCUT2D eigenvalue weighted by Crippen LogP contribution is 2.41. The largest absolute Gasteiger partial charge is 0.544 e. The molecule has 0 aliphatic carbocycles. The van der Waals surface area contributed by atoms with Crippen molar-refractivity contribution in [3.8, 4) is 0 Å². The van der Waals surface area contributed by atoms with Crippen LogP contribution in [0.15, 0.2) is 12.2 Å². The third kappa shape index (κ3) is 20.8. The van der Waals surface area contributed by atoms with E-state index in [4.69, 9.17) is 53.1 Å². The number of carbonyl (C=O) groups excluding carboxylic acids is 3. The second-order valence-electron chi connectivity index (χ2n) is 23.0. The maximum atomic E-state index is 13.5. The van der Waals surface area contributed by atoms with Gasteiger partial charge < -0.3 is 161 Å². The fourth-order valence-electron chi connectivity index (χ4n) is 11.3. The first-order valence-corrected chi connectivity index (χ1v) is 30.1. The van der Waals surface area contributed by atoms with Crippen LogP contribution in [0.3, 0.4) is 0 Å². The topological polar surface area (TPSA) is 577 Å². The van der Waals surface area contributed by atoms with E-state index in [0.29, 0.717) is 6.42 Å². The number of aliphatic hydroxyl groups is 16. The number of carbonyl (C=O) groups is 3. The van der Waals surface area contributed by atoms with E-state index in [-0.39, 0.29) is 6.15 Å². The van der Waals surface area contributed by atoms with Crippen LogP contribution in [0.5, 0.6) is 0 Å². The zero-order valence-corrected chi connectivity index (χ0v) is 50.6. The van der Waals surface area contributed by atoms with E-state index in [1.54, 1.807) is 6.08 Å². The van der Waals surface area contributed by atoms with Crippen molar-refractivity contribution in [3.05, 3.63) is 12.2 Å². The molecule has 34 heteroatoms. The average Bonchev–Trinajstić information content (AvgIpc) is 1.10. The normalized spacial score (nSPS) is 39.1. The second-order valence-corrected chi connectivity index (χ2v) is 23.0. The van der Waals surface area contributed by atoms with E-state index in [0.717, 1.165) is 39.5 Å². The Balaban J connectivity index is 0.0000169. The van der Waals surface area contributed by atoms with Crippen LogP contribution in [-0.4, -0.2) is 310 Å². The highest BCUT2D eigenvalue weighted by Gasteiger charge is 2.60. The number of ether oxygens (including phenoxy) is 10. The Morgan fingerprint density at radius 1 is 0.596 bits per heavy atom. The highest BCUT2D eigenvalue weighted by molar-refractivity contribution is 5.75. The van der Waals surface area contributed by atoms with Crippen molar-refractivity contribution in [2.24, 2.45) is 5.73 Å². The summed E-state index contributed by atoms with van der Waals surface area (Å²) in [6.07, 6.45) is -33.4. The monoisotopic (exact) mass is 1300 g/mol. The molecule has 5 aliphatic heterocycles. The lowest BCUT2D eigenvalue weighted by Crippen LogP contribution is -2.73. The molecule has 34 nitrogen and oxygen atoms in total. The van der Waals surface area contributed by atoms with Crippen molar-refractivity contribution in [1.82, 2.24) is 16.8 Å². The van der Waals surface area contributed by atoms with Crippen LogP contribution in [0.2, 0.25) is 0 Å². The first-order valence-electron chi connectivity index (χ1n) is 30.1. The van der Waals surface area contributed by atoms with Crippen LogP contribution in [0.1, 0.15) is 104 Å². The predicted octanol–water partition coefficient (Wildman–Crippen LogP) is -8.42. The van der Waals surface area contributed by atoms with Gasteiger partial charge in [0.1, 0.15) is 122 Å². The molecule has 5 fully saturated rings. The van der Waals surface area contributed by atoms with Gasteiger partial charge in [0.05, 0.1) is 63.9 Å². The number of aliphatic carboxylic acids is 1. The number of nitrogens with one attached hydrogen (secondary N) is 2. The van der Waals surface area contributed by atoms with Crippen molar-refractivity contribution >= 4 is 17.8 Å². The third-order valence-corrected chi connectivity index (χ3v) is 16.3. The van der Waals surface area contributed by atoms with Gasteiger partial charge in [0, 0.05) is 20.3 Å². The van der Waals surface area contributed by atoms with Crippen molar-refractivity contribution in [3.63, 3.8) is 0 Å². The molecule has 0 aromatic carbocycles. The first-order chi connectivity index (χ1) is 41.8. The number of hydrogen-bond donors (Lipinski definition) is 20. The predicted molar refractivity (Wildman–Crippen MR) is 298 cm³/mol. The van der Waals surface area contributed by atoms with E-state index in [9.17, 15) is 101 Å². The maximum Gasteiger partial charge on any atom is 0.217 e. The van der Waals surface area contributed by atoms with Gasteiger partial charge in [-0.3, -0.25) is 9.59 Å². The number of rotatable bonds is 35. The molecule has 28 unspecified atom stereocenters. The number of allylic oxidation sites excluding steroid dienone is 1. The Morgan fingerprint density at radius 3 is 1.64 bits per heavy atom. The van der Waals surface area contributed by atoms with Crippen LogP contribution in [0, 0.1) is 0 Å². The van der Waals surface area contributed by atoms with Crippen LogP contribution in [-0.2, 0) is 61.8 Å². The number of carboxylic acids is 1. The lowest BCUT2D eigenvalue weighted by molar-refractivity contribution is -0.421. The van der Waals surface area contributed by atoms with E-state index in [1.165, 1.54) is 51.0 Å². The van der Waals surface area contributed by atoms with Crippen molar-refractivity contribution in [1.29, 1.82) is 0 Å². The Morgan fingerprint density at radius 2 is 1.08 bits per heavy atom. The Hall–Kier alpha value is -2.97. The Labute approximate surface area is 514 Å². The summed E-state index contributed by atoms with van der Waals surface area (Å²) in [6, 6.07) is -4.76. The third-order valence-electron chi connectivity index (χ3n) is 16.3. The van der Waals surface area contributed by atoms with Crippen LogP contribution in [0.25, 0.3) is 0 Å². The molecule has 0 bridgehead atoms. The Kier molecular flexibility index (Phi) is 33.3. The van der Waals surface area contributed by atoms with Crippen LogP contribution in [0.4, 0.5) is 0 Å². The molecule has 5 heterocycles. The molecule has 5 saturated heterocycles. The highest BCUT2D eigenvalue weighted by atomic mass is 16.8. The smallest absolute Gasteiger partial charge is 0.217 e. The van der Waals surface area contributed by atoms with Gasteiger partial charge >= 0.3 is 0 Å². The van der Waals surface area contributed by atoms with E-state index in [2.05, 4.69) is 17.6 Å². The maximum absolute atomic E-state index is 13.5. The molecule has 89 heavy (non-hydrogen) atoms. The van der Waals surface area contributed by atoms with E-state index < -0.39 is 235 Å². The number of carboxylic acid groups (broad SMARTS) is 1. The molecule has 5 aliphatic rings. The minimum Gasteiger partial charge on any atom is -0.544 e. The van der Waals surface area contributed by atoms with Crippen molar-refractivity contribution in [2.45, 2.75) is 275 Å². The summed E-state index contributed by atoms with van der Waals surface area (Å²) < 4.78 is 58.7. The number of quaternary nitrogens is 1. The molecule has 0 radical (unpaired) electrons. The van der Waals surface area contributed by atoms with Crippen molar-refractivity contribution < 1.29 is 149 Å². The van der Waals surface area contributed by atoms with Gasteiger partial charge in [-0.2, -0.15) is 0 Å². The van der Waals surface area contributed by atoms with Gasteiger partial charge in [-0.15, -0.1) is 0 Å². The van der Waals surface area contributed by atoms with Gasteiger partial charge in [-0.25, -0.2) is 0 Å². The minimum absolute atomic E-state index is 0. The molecule has 28 atom stereocenters. The molecule has 0 saturated carbocycles. The SMILES string of the molecule is CCCCCCCCCCCCC/C=C/C(O)C(N)COC1OC(CO)C(OC2OC(CO)C(OC3OC(CO)C(O)C(OC4OC(CO)C(O)C(O)C4O)C3NC(C)=O)C(OC3(C(=O)[O-])CC(O)C(NC(C)=O)C(C(O)C(O)CO)O3)C2O)C(O)C1O.[NH4+]. The quantitative estimate of drug-likeness (QED) is 0.0207. The minimum atomic E-state index is -3.47. The molecular formula is C55H100N4O30. The first kappa shape index (κ1) is 78.5. The number of aliphatic hydroxyl groups excluding tert-OH is 16. The molecule has 0 aromatic rings. The number of hydrogen-bond acceptors (Lipinski definition) is 31. The lowest BCUT2D eigenvalue weighted by atomic mass is 9.88. The molecular weight excluding hydrogens is 1200 g/mol. The standard InChI is InChI=1S/C55H97N3O30.H3N/c1-4-5-6-7-8-9-10-11-12-13-14-15-16-17-28(66)27(56)24-79-51-43(75)41(73)45(33(22-62)82-51)84-53-44(76)49(88-55(54(77)78)18-29(67)35(57-25(2)64)48(87-55)37(69)30(68)19-59)46(34(23-63)83-53)85-50-36(58-26(3)65)47(39(71)32(21-61)80-50)86-52-42(74)40(72)38(70)31(20-60)81-52;/h16-17,27-53,59-63,66-76H,4-15,18-24,56H2,1-3H3,(H,57,64)(H,58,65)(H,77,78);1H3/b17-16+;. The molecule has 0 aromatic heterocycles. The zero-order valence-electron chi connectivity index (χ0n) is 50.6. The van der Waals surface area contributed by atoms with Gasteiger partial charge in [0.15, 0.2) is 25.2 Å². The van der Waals surface area contributed by atoms with Gasteiger partial charge in [0.2, 0.25) is 17.6 Å². The van der Waals surface area contributed by atoms with E-state index in [1.807, 2.05) is 0 Å². The van der Waals surface area contributed by atoms with Crippen LogP contribution < -0.4 is 27.6 Å². The Bertz CT molecular complexity index is 2100. The fourth-order valence-corrected chi connectivity index (χ4v) is 11.3. The second kappa shape index (κ2) is 37.8. The van der Waals surface area contributed by atoms with Gasteiger partial charge in [-0.05, 0) is 12.8 Å². The molecule has 24 N–H and O–H groups in total. The number of nitrogens with two attached hydrogens (primary N) is 1. The summed E-state index contributed by atoms with van der Waals surface area (Å²) in [5.41, 5.74) is 6.20. The summed E-state index contributed by atoms with van der Waals surface area (Å²) in [6.45, 7) is -1.85. The summed E-state index contributed by atoms with van der Waals surface area (Å²) >= 11 is 0. The summed E-state index contributed by atoms with van der Waals surface area (Å²) in [4.78, 5) is 38.8. The fraction of sp³-hybridized carbons (Fsp3) is 0.909. The molecule has 5 rings (SSSR count). The van der Waals surface area contributed by atoms with Gasteiger partial charge in [-0.1, -0.05) is 83.3 Å².